The van der Waals surface area contributed by atoms with E-state index in [2.05, 4.69) is 11.9 Å². The number of esters is 1. The van der Waals surface area contributed by atoms with Gasteiger partial charge in [0.15, 0.2) is 6.04 Å². The number of methoxy groups -OCH3 is 1. The topological polar surface area (TPSA) is 38.7 Å². The van der Waals surface area contributed by atoms with Crippen LogP contribution in [0, 0.1) is 0 Å². The Morgan fingerprint density at radius 3 is 2.69 bits per heavy atom. The summed E-state index contributed by atoms with van der Waals surface area (Å²) in [4.78, 5) is 15.8. The van der Waals surface area contributed by atoms with Gasteiger partial charge < -0.3 is 4.74 Å². The third kappa shape index (κ3) is 3.50. The molecule has 0 amide bonds. The Balaban J connectivity index is 2.84. The first kappa shape index (κ1) is 12.4. The van der Waals surface area contributed by atoms with Crippen molar-refractivity contribution < 1.29 is 9.53 Å². The molecule has 0 N–H and O–H groups in total. The van der Waals surface area contributed by atoms with E-state index in [0.717, 1.165) is 18.4 Å². The third-order valence-electron chi connectivity index (χ3n) is 2.21. The maximum atomic E-state index is 11.6. The van der Waals surface area contributed by atoms with Gasteiger partial charge in [0.25, 0.3) is 0 Å². The molecule has 1 aromatic rings. The van der Waals surface area contributed by atoms with Crippen LogP contribution < -0.4 is 0 Å². The molecule has 16 heavy (non-hydrogen) atoms. The number of aliphatic imine (C=N–C) groups is 1. The molecule has 3 nitrogen and oxygen atoms in total. The molecule has 0 saturated heterocycles. The van der Waals surface area contributed by atoms with E-state index in [0.29, 0.717) is 0 Å². The van der Waals surface area contributed by atoms with Crippen molar-refractivity contribution in [3.8, 4) is 0 Å². The van der Waals surface area contributed by atoms with Crippen LogP contribution in [0.2, 0.25) is 0 Å². The van der Waals surface area contributed by atoms with E-state index in [9.17, 15) is 4.79 Å². The second-order valence-electron chi connectivity index (χ2n) is 3.46. The number of nitrogens with zero attached hydrogens (tertiary/aromatic N) is 1. The van der Waals surface area contributed by atoms with Crippen LogP contribution in [0.15, 0.2) is 35.3 Å². The Hall–Kier alpha value is -1.64. The molecule has 0 aromatic heterocycles. The Bertz CT molecular complexity index is 346. The van der Waals surface area contributed by atoms with Crippen molar-refractivity contribution in [2.24, 2.45) is 4.99 Å². The molecular weight excluding hydrogens is 202 g/mol. The van der Waals surface area contributed by atoms with Gasteiger partial charge in [-0.25, -0.2) is 4.79 Å². The van der Waals surface area contributed by atoms with Crippen LogP contribution in [0.1, 0.15) is 31.4 Å². The van der Waals surface area contributed by atoms with Crippen LogP contribution >= 0.6 is 0 Å². The lowest BCUT2D eigenvalue weighted by Gasteiger charge is -2.09. The van der Waals surface area contributed by atoms with Crippen LogP contribution in [0.5, 0.6) is 0 Å². The summed E-state index contributed by atoms with van der Waals surface area (Å²) in [5.41, 5.74) is 0.863. The van der Waals surface area contributed by atoms with Crippen LogP contribution in [-0.4, -0.2) is 19.3 Å². The summed E-state index contributed by atoms with van der Waals surface area (Å²) in [6.45, 7) is 2.07. The zero-order chi connectivity index (χ0) is 11.8. The van der Waals surface area contributed by atoms with Crippen molar-refractivity contribution in [2.75, 3.05) is 7.11 Å². The maximum absolute atomic E-state index is 11.6. The van der Waals surface area contributed by atoms with Gasteiger partial charge in [0.1, 0.15) is 0 Å². The highest BCUT2D eigenvalue weighted by Crippen LogP contribution is 2.18. The Kier molecular flexibility index (Phi) is 5.26. The van der Waals surface area contributed by atoms with Crippen molar-refractivity contribution in [2.45, 2.75) is 25.8 Å². The Morgan fingerprint density at radius 1 is 1.44 bits per heavy atom. The normalized spacial score (nSPS) is 12.6. The summed E-state index contributed by atoms with van der Waals surface area (Å²) in [5, 5.41) is 0. The number of rotatable bonds is 5. The highest BCUT2D eigenvalue weighted by Gasteiger charge is 2.18. The number of benzene rings is 1. The molecule has 0 unspecified atom stereocenters. The van der Waals surface area contributed by atoms with Gasteiger partial charge in [-0.1, -0.05) is 43.7 Å². The number of hydrogen-bond donors (Lipinski definition) is 0. The lowest BCUT2D eigenvalue weighted by atomic mass is 10.1. The van der Waals surface area contributed by atoms with Gasteiger partial charge in [-0.05, 0) is 12.0 Å². The number of hydrogen-bond acceptors (Lipinski definition) is 3. The maximum Gasteiger partial charge on any atom is 0.335 e. The molecule has 1 rings (SSSR count). The minimum Gasteiger partial charge on any atom is -0.467 e. The van der Waals surface area contributed by atoms with E-state index in [1.807, 2.05) is 30.3 Å². The summed E-state index contributed by atoms with van der Waals surface area (Å²) >= 11 is 0. The number of carbonyl (C=O) groups excluding carboxylic acids is 1. The fraction of sp³-hybridized carbons (Fsp3) is 0.385. The molecule has 0 bridgehead atoms. The van der Waals surface area contributed by atoms with E-state index in [-0.39, 0.29) is 5.97 Å². The molecule has 0 spiro atoms. The molecule has 86 valence electrons. The molecule has 1 aromatic carbocycles. The molecule has 1 atom stereocenters. The van der Waals surface area contributed by atoms with E-state index >= 15 is 0 Å². The second-order valence-corrected chi connectivity index (χ2v) is 3.46. The minimum atomic E-state index is -0.530. The van der Waals surface area contributed by atoms with Gasteiger partial charge in [-0.2, -0.15) is 0 Å². The van der Waals surface area contributed by atoms with Crippen molar-refractivity contribution in [1.29, 1.82) is 0 Å². The first-order valence-corrected chi connectivity index (χ1v) is 5.44. The summed E-state index contributed by atoms with van der Waals surface area (Å²) in [7, 11) is 1.38. The molecule has 0 aliphatic carbocycles. The fourth-order valence-electron chi connectivity index (χ4n) is 1.34. The van der Waals surface area contributed by atoms with Gasteiger partial charge in [0, 0.05) is 6.21 Å². The average Bonchev–Trinajstić information content (AvgIpc) is 2.35. The van der Waals surface area contributed by atoms with Crippen LogP contribution in [-0.2, 0) is 9.53 Å². The highest BCUT2D eigenvalue weighted by molar-refractivity contribution is 5.79. The van der Waals surface area contributed by atoms with E-state index in [1.54, 1.807) is 6.21 Å². The van der Waals surface area contributed by atoms with Crippen molar-refractivity contribution in [3.63, 3.8) is 0 Å². The monoisotopic (exact) mass is 219 g/mol. The van der Waals surface area contributed by atoms with Crippen LogP contribution in [0.25, 0.3) is 0 Å². The van der Waals surface area contributed by atoms with Crippen molar-refractivity contribution in [1.82, 2.24) is 0 Å². The predicted octanol–water partition coefficient (Wildman–Crippen LogP) is 2.77. The van der Waals surface area contributed by atoms with Crippen LogP contribution in [0.4, 0.5) is 0 Å². The van der Waals surface area contributed by atoms with Gasteiger partial charge in [0.2, 0.25) is 0 Å². The largest absolute Gasteiger partial charge is 0.467 e. The summed E-state index contributed by atoms with van der Waals surface area (Å²) in [5.74, 6) is -0.321. The molecule has 0 aliphatic rings. The van der Waals surface area contributed by atoms with E-state index < -0.39 is 6.04 Å². The molecule has 0 aliphatic heterocycles. The number of unbranched alkanes of at least 4 members (excludes halogenated alkanes) is 1. The molecular formula is C13H17NO2. The van der Waals surface area contributed by atoms with Gasteiger partial charge in [-0.3, -0.25) is 4.99 Å². The molecule has 0 heterocycles. The molecule has 0 radical (unpaired) electrons. The van der Waals surface area contributed by atoms with Gasteiger partial charge in [0.05, 0.1) is 7.11 Å². The van der Waals surface area contributed by atoms with Gasteiger partial charge >= 0.3 is 5.97 Å². The highest BCUT2D eigenvalue weighted by atomic mass is 16.5. The van der Waals surface area contributed by atoms with E-state index in [4.69, 9.17) is 4.74 Å². The predicted molar refractivity (Wildman–Crippen MR) is 64.6 cm³/mol. The Labute approximate surface area is 96.2 Å². The summed E-state index contributed by atoms with van der Waals surface area (Å²) in [6, 6.07) is 8.92. The lowest BCUT2D eigenvalue weighted by Crippen LogP contribution is -2.12. The number of ether oxygens (including phenoxy) is 1. The van der Waals surface area contributed by atoms with E-state index in [1.165, 1.54) is 7.11 Å². The number of carbonyl (C=O) groups is 1. The molecule has 3 heteroatoms. The zero-order valence-corrected chi connectivity index (χ0v) is 9.72. The quantitative estimate of drug-likeness (QED) is 0.564. The second kappa shape index (κ2) is 6.77. The zero-order valence-electron chi connectivity index (χ0n) is 9.72. The Morgan fingerprint density at radius 2 is 2.12 bits per heavy atom. The molecule has 0 saturated carbocycles. The van der Waals surface area contributed by atoms with Gasteiger partial charge in [-0.15, -0.1) is 0 Å². The summed E-state index contributed by atoms with van der Waals surface area (Å²) in [6.07, 6.45) is 3.68. The average molecular weight is 219 g/mol. The lowest BCUT2D eigenvalue weighted by molar-refractivity contribution is -0.142. The van der Waals surface area contributed by atoms with Crippen LogP contribution in [0.3, 0.4) is 0 Å². The van der Waals surface area contributed by atoms with Crippen molar-refractivity contribution >= 4 is 12.2 Å². The minimum absolute atomic E-state index is 0.321. The fourth-order valence-corrected chi connectivity index (χ4v) is 1.34. The SMILES string of the molecule is CCCC=N[C@H](C(=O)OC)c1ccccc1. The summed E-state index contributed by atoms with van der Waals surface area (Å²) < 4.78 is 4.74. The first-order chi connectivity index (χ1) is 7.79. The smallest absolute Gasteiger partial charge is 0.335 e. The van der Waals surface area contributed by atoms with Crippen molar-refractivity contribution in [3.05, 3.63) is 35.9 Å². The third-order valence-corrected chi connectivity index (χ3v) is 2.21. The first-order valence-electron chi connectivity index (χ1n) is 5.44. The molecule has 0 fully saturated rings. The standard InChI is InChI=1S/C13H17NO2/c1-3-4-10-14-12(13(15)16-2)11-8-6-5-7-9-11/h5-10,12H,3-4H2,1-2H3/t12-/m0/s1.